The Morgan fingerprint density at radius 2 is 1.77 bits per heavy atom. The molecule has 1 aromatic heterocycles. The monoisotopic (exact) mass is 558 g/mol. The molecule has 0 saturated carbocycles. The van der Waals surface area contributed by atoms with Gasteiger partial charge in [-0.2, -0.15) is 0 Å². The SMILES string of the molecule is COC(=O)c1sc(N2C(=O)C(=O)/C(=C(/O)c3ccc(F)cc3)C2c2cccc(OCc3ccccc3)c2)nc1C. The van der Waals surface area contributed by atoms with Gasteiger partial charge in [-0.05, 0) is 54.4 Å². The fraction of sp³-hybridized carbons (Fsp3) is 0.133. The summed E-state index contributed by atoms with van der Waals surface area (Å²) in [5, 5.41) is 11.3. The number of aryl methyl sites for hydroxylation is 1. The molecule has 10 heteroatoms. The minimum absolute atomic E-state index is 0.0822. The van der Waals surface area contributed by atoms with Crippen molar-refractivity contribution >= 4 is 39.9 Å². The lowest BCUT2D eigenvalue weighted by atomic mass is 9.95. The number of rotatable bonds is 7. The summed E-state index contributed by atoms with van der Waals surface area (Å²) in [5.41, 5.74) is 1.69. The van der Waals surface area contributed by atoms with Crippen LogP contribution < -0.4 is 9.64 Å². The molecule has 0 aliphatic carbocycles. The van der Waals surface area contributed by atoms with Crippen LogP contribution >= 0.6 is 11.3 Å². The van der Waals surface area contributed by atoms with Crippen molar-refractivity contribution in [2.75, 3.05) is 12.0 Å². The molecule has 1 aliphatic heterocycles. The van der Waals surface area contributed by atoms with E-state index >= 15 is 0 Å². The summed E-state index contributed by atoms with van der Waals surface area (Å²) in [7, 11) is 1.23. The Morgan fingerprint density at radius 3 is 2.48 bits per heavy atom. The summed E-state index contributed by atoms with van der Waals surface area (Å²) in [6.07, 6.45) is 0. The van der Waals surface area contributed by atoms with Gasteiger partial charge in [-0.15, -0.1) is 0 Å². The highest BCUT2D eigenvalue weighted by molar-refractivity contribution is 7.17. The standard InChI is InChI=1S/C30H23FN2O6S/c1-17-27(29(37)38-2)40-30(32-17)33-24(20-9-6-10-22(15-20)39-16-18-7-4-3-5-8-18)23(26(35)28(33)36)25(34)19-11-13-21(31)14-12-19/h3-15,24,34H,16H2,1-2H3/b25-23+. The number of hydrogen-bond donors (Lipinski definition) is 1. The zero-order chi connectivity index (χ0) is 28.4. The molecule has 3 aromatic carbocycles. The van der Waals surface area contributed by atoms with E-state index in [1.807, 2.05) is 30.3 Å². The average Bonchev–Trinajstić information content (AvgIpc) is 3.48. The summed E-state index contributed by atoms with van der Waals surface area (Å²) >= 11 is 0.899. The van der Waals surface area contributed by atoms with E-state index in [2.05, 4.69) is 4.98 Å². The molecular weight excluding hydrogens is 535 g/mol. The minimum atomic E-state index is -1.11. The van der Waals surface area contributed by atoms with Crippen LogP contribution in [0.15, 0.2) is 84.4 Å². The second kappa shape index (κ2) is 11.1. The van der Waals surface area contributed by atoms with Gasteiger partial charge in [0.15, 0.2) is 5.13 Å². The molecule has 1 N–H and O–H groups in total. The number of anilines is 1. The van der Waals surface area contributed by atoms with Crippen LogP contribution in [0, 0.1) is 12.7 Å². The molecule has 40 heavy (non-hydrogen) atoms. The molecular formula is C30H23FN2O6S. The van der Waals surface area contributed by atoms with Crippen LogP contribution in [0.5, 0.6) is 5.75 Å². The first-order valence-electron chi connectivity index (χ1n) is 12.2. The third kappa shape index (κ3) is 5.08. The molecule has 1 saturated heterocycles. The molecule has 1 amide bonds. The Kier molecular flexibility index (Phi) is 7.43. The van der Waals surface area contributed by atoms with Crippen LogP contribution in [0.1, 0.15) is 38.1 Å². The second-order valence-corrected chi connectivity index (χ2v) is 9.90. The Morgan fingerprint density at radius 1 is 1.05 bits per heavy atom. The van der Waals surface area contributed by atoms with Crippen molar-refractivity contribution in [3.05, 3.63) is 118 Å². The Balaban J connectivity index is 1.62. The maximum Gasteiger partial charge on any atom is 0.350 e. The average molecular weight is 559 g/mol. The fourth-order valence-corrected chi connectivity index (χ4v) is 5.40. The Bertz CT molecular complexity index is 1630. The first-order valence-corrected chi connectivity index (χ1v) is 13.0. The number of thiazole rings is 1. The largest absolute Gasteiger partial charge is 0.507 e. The summed E-state index contributed by atoms with van der Waals surface area (Å²) in [5.74, 6) is -3.03. The maximum atomic E-state index is 13.6. The second-order valence-electron chi connectivity index (χ2n) is 8.93. The number of aromatic nitrogens is 1. The van der Waals surface area contributed by atoms with Crippen LogP contribution in [-0.4, -0.2) is 34.9 Å². The molecule has 8 nitrogen and oxygen atoms in total. The van der Waals surface area contributed by atoms with E-state index in [0.29, 0.717) is 17.0 Å². The van der Waals surface area contributed by atoms with Crippen molar-refractivity contribution in [1.29, 1.82) is 0 Å². The Labute approximate surface area is 232 Å². The van der Waals surface area contributed by atoms with Crippen molar-refractivity contribution < 1.29 is 33.4 Å². The number of benzene rings is 3. The number of aliphatic hydroxyl groups excluding tert-OH is 1. The van der Waals surface area contributed by atoms with Crippen molar-refractivity contribution in [3.63, 3.8) is 0 Å². The first-order chi connectivity index (χ1) is 19.3. The molecule has 1 aliphatic rings. The van der Waals surface area contributed by atoms with Crippen LogP contribution in [0.2, 0.25) is 0 Å². The van der Waals surface area contributed by atoms with E-state index < -0.39 is 35.3 Å². The molecule has 4 aromatic rings. The number of aliphatic hydroxyl groups is 1. The van der Waals surface area contributed by atoms with Crippen LogP contribution in [-0.2, 0) is 20.9 Å². The van der Waals surface area contributed by atoms with Crippen LogP contribution in [0.25, 0.3) is 5.76 Å². The van der Waals surface area contributed by atoms with Gasteiger partial charge in [-0.3, -0.25) is 14.5 Å². The molecule has 0 spiro atoms. The number of Topliss-reactive ketones (excluding diaryl/α,β-unsaturated/α-hetero) is 1. The lowest BCUT2D eigenvalue weighted by Gasteiger charge is -2.23. The molecule has 1 unspecified atom stereocenters. The molecule has 1 atom stereocenters. The van der Waals surface area contributed by atoms with Gasteiger partial charge in [0.2, 0.25) is 0 Å². The summed E-state index contributed by atoms with van der Waals surface area (Å²) in [4.78, 5) is 44.8. The predicted octanol–water partition coefficient (Wildman–Crippen LogP) is 5.58. The topological polar surface area (TPSA) is 106 Å². The van der Waals surface area contributed by atoms with Gasteiger partial charge in [0.05, 0.1) is 24.4 Å². The summed E-state index contributed by atoms with van der Waals surface area (Å²) in [6, 6.07) is 20.2. The van der Waals surface area contributed by atoms with Crippen molar-refractivity contribution in [2.24, 2.45) is 0 Å². The van der Waals surface area contributed by atoms with Crippen molar-refractivity contribution in [2.45, 2.75) is 19.6 Å². The third-order valence-corrected chi connectivity index (χ3v) is 7.48. The summed E-state index contributed by atoms with van der Waals surface area (Å²) in [6.45, 7) is 1.88. The van der Waals surface area contributed by atoms with E-state index in [9.17, 15) is 23.9 Å². The predicted molar refractivity (Wildman–Crippen MR) is 147 cm³/mol. The van der Waals surface area contributed by atoms with Crippen molar-refractivity contribution in [3.8, 4) is 5.75 Å². The number of amides is 1. The molecule has 2 heterocycles. The third-order valence-electron chi connectivity index (χ3n) is 6.35. The number of hydrogen-bond acceptors (Lipinski definition) is 8. The highest BCUT2D eigenvalue weighted by Crippen LogP contribution is 2.44. The first kappa shape index (κ1) is 26.8. The Hall–Kier alpha value is -4.83. The number of ketones is 1. The minimum Gasteiger partial charge on any atom is -0.507 e. The number of halogens is 1. The van der Waals surface area contributed by atoms with Crippen LogP contribution in [0.3, 0.4) is 0 Å². The van der Waals surface area contributed by atoms with E-state index in [1.54, 1.807) is 31.2 Å². The van der Waals surface area contributed by atoms with Gasteiger partial charge in [-0.25, -0.2) is 14.2 Å². The number of ether oxygens (including phenoxy) is 2. The molecule has 202 valence electrons. The van der Waals surface area contributed by atoms with Gasteiger partial charge in [0.1, 0.15) is 28.8 Å². The number of esters is 1. The number of nitrogens with zero attached hydrogens (tertiary/aromatic N) is 2. The highest BCUT2D eigenvalue weighted by atomic mass is 32.1. The number of carbonyl (C=O) groups is 3. The molecule has 0 bridgehead atoms. The zero-order valence-corrected chi connectivity index (χ0v) is 22.3. The summed E-state index contributed by atoms with van der Waals surface area (Å²) < 4.78 is 24.4. The van der Waals surface area contributed by atoms with Crippen LogP contribution in [0.4, 0.5) is 9.52 Å². The quantitative estimate of drug-likeness (QED) is 0.137. The molecule has 5 rings (SSSR count). The molecule has 1 fully saturated rings. The zero-order valence-electron chi connectivity index (χ0n) is 21.5. The van der Waals surface area contributed by atoms with Crippen molar-refractivity contribution in [1.82, 2.24) is 4.98 Å². The number of carbonyl (C=O) groups excluding carboxylic acids is 3. The fourth-order valence-electron chi connectivity index (χ4n) is 4.39. The highest BCUT2D eigenvalue weighted by Gasteiger charge is 2.48. The van der Waals surface area contributed by atoms with Gasteiger partial charge in [0.25, 0.3) is 5.78 Å². The molecule has 0 radical (unpaired) electrons. The normalized spacial score (nSPS) is 16.3. The van der Waals surface area contributed by atoms with Gasteiger partial charge in [-0.1, -0.05) is 53.8 Å². The maximum absolute atomic E-state index is 13.6. The lowest BCUT2D eigenvalue weighted by molar-refractivity contribution is -0.132. The van der Waals surface area contributed by atoms with Gasteiger partial charge in [0, 0.05) is 5.56 Å². The van der Waals surface area contributed by atoms with E-state index in [0.717, 1.165) is 33.9 Å². The van der Waals surface area contributed by atoms with E-state index in [-0.39, 0.29) is 27.8 Å². The smallest absolute Gasteiger partial charge is 0.350 e. The number of methoxy groups -OCH3 is 1. The lowest BCUT2D eigenvalue weighted by Crippen LogP contribution is -2.29. The van der Waals surface area contributed by atoms with E-state index in [4.69, 9.17) is 9.47 Å². The van der Waals surface area contributed by atoms with Gasteiger partial charge >= 0.3 is 11.9 Å². The van der Waals surface area contributed by atoms with Gasteiger partial charge < -0.3 is 14.6 Å². The van der Waals surface area contributed by atoms with E-state index in [1.165, 1.54) is 19.2 Å².